The van der Waals surface area contributed by atoms with E-state index in [1.165, 1.54) is 19.3 Å². The van der Waals surface area contributed by atoms with Gasteiger partial charge in [-0.2, -0.15) is 5.26 Å². The molecule has 0 aliphatic carbocycles. The van der Waals surface area contributed by atoms with E-state index in [4.69, 9.17) is 10.00 Å². The molecular formula is C15H19NO2. The van der Waals surface area contributed by atoms with Crippen molar-refractivity contribution in [2.24, 2.45) is 0 Å². The third kappa shape index (κ3) is 5.49. The fourth-order valence-corrected chi connectivity index (χ4v) is 1.65. The van der Waals surface area contributed by atoms with Crippen LogP contribution in [0.4, 0.5) is 0 Å². The summed E-state index contributed by atoms with van der Waals surface area (Å²) in [5.41, 5.74) is 0.564. The van der Waals surface area contributed by atoms with Crippen LogP contribution in [-0.2, 0) is 4.79 Å². The van der Waals surface area contributed by atoms with Gasteiger partial charge in [0, 0.05) is 6.42 Å². The third-order valence-corrected chi connectivity index (χ3v) is 2.70. The number of esters is 1. The average molecular weight is 245 g/mol. The molecule has 18 heavy (non-hydrogen) atoms. The second kappa shape index (κ2) is 8.30. The zero-order valence-electron chi connectivity index (χ0n) is 10.8. The first-order chi connectivity index (χ1) is 8.76. The van der Waals surface area contributed by atoms with Crippen molar-refractivity contribution in [3.8, 4) is 11.8 Å². The molecule has 0 N–H and O–H groups in total. The Morgan fingerprint density at radius 1 is 1.17 bits per heavy atom. The number of nitrogens with zero attached hydrogens (tertiary/aromatic N) is 1. The minimum Gasteiger partial charge on any atom is -0.427 e. The molecule has 0 amide bonds. The van der Waals surface area contributed by atoms with Crippen molar-refractivity contribution < 1.29 is 9.53 Å². The number of carbonyl (C=O) groups is 1. The van der Waals surface area contributed by atoms with E-state index in [9.17, 15) is 4.79 Å². The van der Waals surface area contributed by atoms with E-state index in [0.29, 0.717) is 17.7 Å². The predicted molar refractivity (Wildman–Crippen MR) is 70.2 cm³/mol. The molecule has 0 radical (unpaired) electrons. The molecule has 0 saturated carbocycles. The van der Waals surface area contributed by atoms with E-state index < -0.39 is 0 Å². The normalized spacial score (nSPS) is 9.78. The summed E-state index contributed by atoms with van der Waals surface area (Å²) in [5, 5.41) is 8.64. The summed E-state index contributed by atoms with van der Waals surface area (Å²) in [4.78, 5) is 11.5. The number of unbranched alkanes of at least 4 members (excludes halogenated alkanes) is 4. The van der Waals surface area contributed by atoms with Crippen LogP contribution in [0.1, 0.15) is 51.0 Å². The van der Waals surface area contributed by atoms with Crippen LogP contribution in [0.15, 0.2) is 24.3 Å². The van der Waals surface area contributed by atoms with Crippen molar-refractivity contribution in [3.63, 3.8) is 0 Å². The number of hydrogen-bond donors (Lipinski definition) is 0. The lowest BCUT2D eigenvalue weighted by atomic mass is 10.1. The number of rotatable bonds is 7. The topological polar surface area (TPSA) is 50.1 Å². The molecule has 0 spiro atoms. The summed E-state index contributed by atoms with van der Waals surface area (Å²) in [5.74, 6) is 0.309. The third-order valence-electron chi connectivity index (χ3n) is 2.70. The van der Waals surface area contributed by atoms with Gasteiger partial charge < -0.3 is 4.74 Å². The molecule has 0 bridgehead atoms. The predicted octanol–water partition coefficient (Wildman–Crippen LogP) is 3.82. The molecule has 0 atom stereocenters. The Labute approximate surface area is 108 Å². The van der Waals surface area contributed by atoms with Gasteiger partial charge in [-0.25, -0.2) is 0 Å². The summed E-state index contributed by atoms with van der Waals surface area (Å²) < 4.78 is 5.17. The molecule has 0 aromatic heterocycles. The SMILES string of the molecule is CCCCCCCC(=O)Oc1ccc(C#N)cc1. The van der Waals surface area contributed by atoms with Gasteiger partial charge in [-0.3, -0.25) is 4.79 Å². The first kappa shape index (κ1) is 14.2. The molecule has 0 unspecified atom stereocenters. The van der Waals surface area contributed by atoms with Crippen LogP contribution in [0.3, 0.4) is 0 Å². The lowest BCUT2D eigenvalue weighted by molar-refractivity contribution is -0.134. The highest BCUT2D eigenvalue weighted by Crippen LogP contribution is 2.13. The zero-order valence-corrected chi connectivity index (χ0v) is 10.8. The molecule has 1 rings (SSSR count). The quantitative estimate of drug-likeness (QED) is 0.417. The van der Waals surface area contributed by atoms with Crippen molar-refractivity contribution in [2.75, 3.05) is 0 Å². The number of benzene rings is 1. The van der Waals surface area contributed by atoms with Crippen LogP contribution in [-0.4, -0.2) is 5.97 Å². The van der Waals surface area contributed by atoms with Gasteiger partial charge in [-0.1, -0.05) is 32.6 Å². The highest BCUT2D eigenvalue weighted by molar-refractivity contribution is 5.72. The van der Waals surface area contributed by atoms with Gasteiger partial charge in [0.15, 0.2) is 0 Å². The Hall–Kier alpha value is -1.82. The van der Waals surface area contributed by atoms with Gasteiger partial charge >= 0.3 is 5.97 Å². The van der Waals surface area contributed by atoms with E-state index in [0.717, 1.165) is 12.8 Å². The van der Waals surface area contributed by atoms with E-state index in [-0.39, 0.29) is 5.97 Å². The summed E-state index contributed by atoms with van der Waals surface area (Å²) in [6.07, 6.45) is 6.04. The highest BCUT2D eigenvalue weighted by atomic mass is 16.5. The van der Waals surface area contributed by atoms with Gasteiger partial charge in [-0.15, -0.1) is 0 Å². The number of ether oxygens (including phenoxy) is 1. The van der Waals surface area contributed by atoms with Crippen LogP contribution in [0.5, 0.6) is 5.75 Å². The van der Waals surface area contributed by atoms with Gasteiger partial charge in [0.25, 0.3) is 0 Å². The maximum Gasteiger partial charge on any atom is 0.311 e. The fourth-order valence-electron chi connectivity index (χ4n) is 1.65. The largest absolute Gasteiger partial charge is 0.427 e. The van der Waals surface area contributed by atoms with Gasteiger partial charge in [0.05, 0.1) is 11.6 Å². The minimum atomic E-state index is -0.198. The lowest BCUT2D eigenvalue weighted by Crippen LogP contribution is -2.07. The van der Waals surface area contributed by atoms with Gasteiger partial charge in [0.2, 0.25) is 0 Å². The van der Waals surface area contributed by atoms with Crippen LogP contribution >= 0.6 is 0 Å². The van der Waals surface area contributed by atoms with E-state index in [1.807, 2.05) is 6.07 Å². The monoisotopic (exact) mass is 245 g/mol. The maximum absolute atomic E-state index is 11.5. The van der Waals surface area contributed by atoms with Crippen molar-refractivity contribution >= 4 is 5.97 Å². The zero-order chi connectivity index (χ0) is 13.2. The molecular weight excluding hydrogens is 226 g/mol. The molecule has 0 aliphatic heterocycles. The van der Waals surface area contributed by atoms with Crippen LogP contribution in [0, 0.1) is 11.3 Å². The maximum atomic E-state index is 11.5. The van der Waals surface area contributed by atoms with Gasteiger partial charge in [0.1, 0.15) is 5.75 Å². The molecule has 1 aromatic rings. The summed E-state index contributed by atoms with van der Waals surface area (Å²) in [6.45, 7) is 2.17. The number of carbonyl (C=O) groups excluding carboxylic acids is 1. The molecule has 3 heteroatoms. The van der Waals surface area contributed by atoms with E-state index in [1.54, 1.807) is 24.3 Å². The Morgan fingerprint density at radius 2 is 1.83 bits per heavy atom. The molecule has 0 fully saturated rings. The first-order valence-corrected chi connectivity index (χ1v) is 6.47. The molecule has 1 aromatic carbocycles. The van der Waals surface area contributed by atoms with Gasteiger partial charge in [-0.05, 0) is 30.7 Å². The van der Waals surface area contributed by atoms with E-state index in [2.05, 4.69) is 6.92 Å². The van der Waals surface area contributed by atoms with Crippen molar-refractivity contribution in [3.05, 3.63) is 29.8 Å². The first-order valence-electron chi connectivity index (χ1n) is 6.47. The van der Waals surface area contributed by atoms with Crippen LogP contribution in [0.25, 0.3) is 0 Å². The Balaban J connectivity index is 2.25. The minimum absolute atomic E-state index is 0.198. The molecule has 96 valence electrons. The van der Waals surface area contributed by atoms with Crippen molar-refractivity contribution in [2.45, 2.75) is 45.4 Å². The number of hydrogen-bond acceptors (Lipinski definition) is 3. The fraction of sp³-hybridized carbons (Fsp3) is 0.467. The second-order valence-corrected chi connectivity index (χ2v) is 4.27. The molecule has 0 saturated heterocycles. The molecule has 3 nitrogen and oxygen atoms in total. The average Bonchev–Trinajstić information content (AvgIpc) is 2.39. The summed E-state index contributed by atoms with van der Waals surface area (Å²) in [7, 11) is 0. The summed E-state index contributed by atoms with van der Waals surface area (Å²) >= 11 is 0. The standard InChI is InChI=1S/C15H19NO2/c1-2-3-4-5-6-7-15(17)18-14-10-8-13(12-16)9-11-14/h8-11H,2-7H2,1H3. The summed E-state index contributed by atoms with van der Waals surface area (Å²) in [6, 6.07) is 8.60. The van der Waals surface area contributed by atoms with E-state index >= 15 is 0 Å². The van der Waals surface area contributed by atoms with Crippen LogP contribution < -0.4 is 4.74 Å². The molecule has 0 aliphatic rings. The van der Waals surface area contributed by atoms with Crippen molar-refractivity contribution in [1.29, 1.82) is 5.26 Å². The van der Waals surface area contributed by atoms with Crippen molar-refractivity contribution in [1.82, 2.24) is 0 Å². The Morgan fingerprint density at radius 3 is 2.44 bits per heavy atom. The Kier molecular flexibility index (Phi) is 6.56. The lowest BCUT2D eigenvalue weighted by Gasteiger charge is -2.04. The Bertz CT molecular complexity index is 403. The number of nitriles is 1. The van der Waals surface area contributed by atoms with Crippen LogP contribution in [0.2, 0.25) is 0 Å². The second-order valence-electron chi connectivity index (χ2n) is 4.27. The molecule has 0 heterocycles. The smallest absolute Gasteiger partial charge is 0.311 e. The highest BCUT2D eigenvalue weighted by Gasteiger charge is 2.04.